The minimum atomic E-state index is -0.665. The molecule has 7 nitrogen and oxygen atoms in total. The van der Waals surface area contributed by atoms with E-state index in [0.29, 0.717) is 39.0 Å². The van der Waals surface area contributed by atoms with Crippen molar-refractivity contribution >= 4 is 69.4 Å². The number of hydrogen-bond acceptors (Lipinski definition) is 5. The number of hydrogen-bond donors (Lipinski definition) is 4. The fourth-order valence-electron chi connectivity index (χ4n) is 4.35. The van der Waals surface area contributed by atoms with Gasteiger partial charge >= 0.3 is 0 Å². The first-order valence-corrected chi connectivity index (χ1v) is 13.5. The second kappa shape index (κ2) is 12.4. The smallest absolute Gasteiger partial charge is 0.257 e. The lowest BCUT2D eigenvalue weighted by Gasteiger charge is -2.29. The van der Waals surface area contributed by atoms with Gasteiger partial charge in [-0.05, 0) is 67.9 Å². The molecule has 11 heteroatoms. The number of piperidine rings is 1. The molecule has 1 fully saturated rings. The van der Waals surface area contributed by atoms with Gasteiger partial charge in [-0.3, -0.25) is 15.2 Å². The number of amides is 1. The minimum absolute atomic E-state index is 0.151. The van der Waals surface area contributed by atoms with Crippen LogP contribution in [-0.2, 0) is 4.79 Å². The summed E-state index contributed by atoms with van der Waals surface area (Å²) in [5, 5.41) is 12.3. The molecule has 0 aliphatic carbocycles. The maximum absolute atomic E-state index is 13.6. The van der Waals surface area contributed by atoms with Gasteiger partial charge in [-0.1, -0.05) is 53.4 Å². The summed E-state index contributed by atoms with van der Waals surface area (Å²) in [6.45, 7) is 4.67. The van der Waals surface area contributed by atoms with E-state index in [2.05, 4.69) is 21.5 Å². The van der Waals surface area contributed by atoms with E-state index in [1.165, 1.54) is 6.42 Å². The number of anilines is 1. The van der Waals surface area contributed by atoms with Crippen LogP contribution in [-0.4, -0.2) is 48.2 Å². The van der Waals surface area contributed by atoms with Crippen molar-refractivity contribution < 1.29 is 4.79 Å². The van der Waals surface area contributed by atoms with Crippen molar-refractivity contribution in [2.45, 2.75) is 32.2 Å². The topological polar surface area (TPSA) is 71.7 Å². The third-order valence-electron chi connectivity index (χ3n) is 6.07. The Labute approximate surface area is 232 Å². The summed E-state index contributed by atoms with van der Waals surface area (Å²) in [5.74, 6) is -0.151. The van der Waals surface area contributed by atoms with Gasteiger partial charge in [0.15, 0.2) is 5.11 Å². The summed E-state index contributed by atoms with van der Waals surface area (Å²) in [5.41, 5.74) is 9.64. The molecule has 2 heterocycles. The van der Waals surface area contributed by atoms with Crippen LogP contribution < -0.4 is 26.5 Å². The van der Waals surface area contributed by atoms with Crippen LogP contribution in [0.3, 0.4) is 0 Å². The Bertz CT molecular complexity index is 1140. The highest BCUT2D eigenvalue weighted by Crippen LogP contribution is 2.38. The van der Waals surface area contributed by atoms with Crippen LogP contribution in [0, 0.1) is 0 Å². The molecule has 1 unspecified atom stereocenters. The lowest BCUT2D eigenvalue weighted by molar-refractivity contribution is -0.127. The highest BCUT2D eigenvalue weighted by atomic mass is 35.5. The van der Waals surface area contributed by atoms with Crippen molar-refractivity contribution in [1.82, 2.24) is 26.5 Å². The van der Waals surface area contributed by atoms with E-state index in [-0.39, 0.29) is 5.91 Å². The second-order valence-corrected chi connectivity index (χ2v) is 10.3. The van der Waals surface area contributed by atoms with Crippen molar-refractivity contribution in [3.05, 3.63) is 68.7 Å². The first-order chi connectivity index (χ1) is 17.4. The van der Waals surface area contributed by atoms with E-state index >= 15 is 0 Å². The lowest BCUT2D eigenvalue weighted by atomic mass is 10.0. The molecule has 1 atom stereocenters. The van der Waals surface area contributed by atoms with E-state index < -0.39 is 6.04 Å². The van der Waals surface area contributed by atoms with Gasteiger partial charge in [0.1, 0.15) is 6.04 Å². The number of halogens is 3. The van der Waals surface area contributed by atoms with Crippen LogP contribution in [0.25, 0.3) is 5.70 Å². The van der Waals surface area contributed by atoms with Gasteiger partial charge in [-0.15, -0.1) is 0 Å². The van der Waals surface area contributed by atoms with Gasteiger partial charge in [-0.25, -0.2) is 10.4 Å². The van der Waals surface area contributed by atoms with Crippen molar-refractivity contribution in [2.24, 2.45) is 0 Å². The second-order valence-electron chi connectivity index (χ2n) is 8.61. The molecule has 36 heavy (non-hydrogen) atoms. The Morgan fingerprint density at radius 1 is 1.03 bits per heavy atom. The van der Waals surface area contributed by atoms with Crippen molar-refractivity contribution in [3.8, 4) is 0 Å². The van der Waals surface area contributed by atoms with E-state index in [0.717, 1.165) is 42.8 Å². The van der Waals surface area contributed by atoms with E-state index in [9.17, 15) is 4.79 Å². The molecular weight excluding hydrogens is 539 g/mol. The third-order valence-corrected chi connectivity index (χ3v) is 7.14. The molecule has 4 rings (SSSR count). The summed E-state index contributed by atoms with van der Waals surface area (Å²) >= 11 is 24.4. The van der Waals surface area contributed by atoms with Gasteiger partial charge in [0, 0.05) is 41.8 Å². The molecule has 1 amide bonds. The Morgan fingerprint density at radius 2 is 1.72 bits per heavy atom. The fourth-order valence-corrected chi connectivity index (χ4v) is 5.19. The molecule has 0 spiro atoms. The number of thiocarbonyl (C=S) groups is 1. The summed E-state index contributed by atoms with van der Waals surface area (Å²) in [7, 11) is 0. The van der Waals surface area contributed by atoms with Crippen LogP contribution in [0.1, 0.15) is 31.7 Å². The Hall–Kier alpha value is -2.07. The standard InChI is InChI=1S/C25H29Cl3N6OS/c1-2-29-25(36)30-15-19-22(24(35)32-33-12-4-3-5-13-33)31-34(21-11-10-18(27)14-20(21)28)23(19)16-6-8-17(26)9-7-16/h6-11,14,22,31H,2-5,12-13,15H2,1H3,(H,32,35)(H2,29,30,36). The number of hydrazine groups is 2. The number of carbonyl (C=O) groups is 1. The van der Waals surface area contributed by atoms with Crippen molar-refractivity contribution in [2.75, 3.05) is 31.2 Å². The molecule has 4 N–H and O–H groups in total. The van der Waals surface area contributed by atoms with Crippen molar-refractivity contribution in [1.29, 1.82) is 0 Å². The molecule has 0 aromatic heterocycles. The average molecular weight is 568 g/mol. The van der Waals surface area contributed by atoms with E-state index in [1.54, 1.807) is 12.1 Å². The first kappa shape index (κ1) is 27.0. The van der Waals surface area contributed by atoms with Crippen LogP contribution in [0.15, 0.2) is 48.0 Å². The van der Waals surface area contributed by atoms with Gasteiger partial charge in [0.05, 0.1) is 16.4 Å². The average Bonchev–Trinajstić information content (AvgIpc) is 3.23. The van der Waals surface area contributed by atoms with E-state index in [1.807, 2.05) is 47.3 Å². The summed E-state index contributed by atoms with van der Waals surface area (Å²) < 4.78 is 0. The molecule has 2 aliphatic rings. The lowest BCUT2D eigenvalue weighted by Crippen LogP contribution is -2.54. The Kier molecular flexibility index (Phi) is 9.33. The molecular formula is C25H29Cl3N6OS. The number of carbonyl (C=O) groups excluding carboxylic acids is 1. The molecule has 1 saturated heterocycles. The first-order valence-electron chi connectivity index (χ1n) is 11.9. The monoisotopic (exact) mass is 566 g/mol. The fraction of sp³-hybridized carbons (Fsp3) is 0.360. The molecule has 0 bridgehead atoms. The number of nitrogens with zero attached hydrogens (tertiary/aromatic N) is 2. The van der Waals surface area contributed by atoms with Gasteiger partial charge in [0.25, 0.3) is 5.91 Å². The number of rotatable bonds is 7. The maximum atomic E-state index is 13.6. The van der Waals surface area contributed by atoms with Gasteiger partial charge < -0.3 is 10.6 Å². The van der Waals surface area contributed by atoms with Gasteiger partial charge in [0.2, 0.25) is 0 Å². The molecule has 2 aliphatic heterocycles. The number of benzene rings is 2. The van der Waals surface area contributed by atoms with E-state index in [4.69, 9.17) is 47.0 Å². The minimum Gasteiger partial charge on any atom is -0.363 e. The van der Waals surface area contributed by atoms with Crippen LogP contribution in [0.4, 0.5) is 5.69 Å². The predicted molar refractivity (Wildman–Crippen MR) is 152 cm³/mol. The zero-order valence-corrected chi connectivity index (χ0v) is 23.0. The quantitative estimate of drug-likeness (QED) is 0.360. The Balaban J connectivity index is 1.76. The molecule has 192 valence electrons. The van der Waals surface area contributed by atoms with Gasteiger partial charge in [-0.2, -0.15) is 0 Å². The summed E-state index contributed by atoms with van der Waals surface area (Å²) in [6.07, 6.45) is 3.29. The highest BCUT2D eigenvalue weighted by molar-refractivity contribution is 7.80. The Morgan fingerprint density at radius 3 is 2.39 bits per heavy atom. The maximum Gasteiger partial charge on any atom is 0.257 e. The highest BCUT2D eigenvalue weighted by Gasteiger charge is 2.38. The normalized spacial score (nSPS) is 18.3. The SMILES string of the molecule is CCNC(=S)NCC1=C(c2ccc(Cl)cc2)N(c2ccc(Cl)cc2Cl)NC1C(=O)NN1CCCCC1. The molecule has 2 aromatic carbocycles. The summed E-state index contributed by atoms with van der Waals surface area (Å²) in [4.78, 5) is 13.6. The third kappa shape index (κ3) is 6.43. The zero-order chi connectivity index (χ0) is 25.7. The van der Waals surface area contributed by atoms with Crippen molar-refractivity contribution in [3.63, 3.8) is 0 Å². The van der Waals surface area contributed by atoms with Crippen LogP contribution in [0.5, 0.6) is 0 Å². The zero-order valence-electron chi connectivity index (χ0n) is 19.9. The predicted octanol–water partition coefficient (Wildman–Crippen LogP) is 4.75. The summed E-state index contributed by atoms with van der Waals surface area (Å²) in [6, 6.07) is 12.1. The van der Waals surface area contributed by atoms with Crippen LogP contribution in [0.2, 0.25) is 15.1 Å². The van der Waals surface area contributed by atoms with Crippen LogP contribution >= 0.6 is 47.0 Å². The largest absolute Gasteiger partial charge is 0.363 e. The molecule has 2 aromatic rings. The number of nitrogens with one attached hydrogen (secondary N) is 4. The molecule has 0 saturated carbocycles. The molecule has 0 radical (unpaired) electrons.